The van der Waals surface area contributed by atoms with Gasteiger partial charge in [0.05, 0.1) is 4.90 Å². The fourth-order valence-electron chi connectivity index (χ4n) is 1.63. The summed E-state index contributed by atoms with van der Waals surface area (Å²) in [7, 11) is -3.27. The molecule has 90 valence electrons. The van der Waals surface area contributed by atoms with Gasteiger partial charge in [-0.3, -0.25) is 0 Å². The van der Waals surface area contributed by atoms with Crippen LogP contribution in [0.4, 0.5) is 0 Å². The van der Waals surface area contributed by atoms with E-state index < -0.39 is 10.0 Å². The second-order valence-electron chi connectivity index (χ2n) is 3.47. The van der Waals surface area contributed by atoms with Gasteiger partial charge in [0.1, 0.15) is 0 Å². The summed E-state index contributed by atoms with van der Waals surface area (Å²) >= 11 is 0. The molecule has 1 aliphatic heterocycles. The molecule has 0 amide bonds. The lowest BCUT2D eigenvalue weighted by Crippen LogP contribution is -2.46. The van der Waals surface area contributed by atoms with Gasteiger partial charge in [0.15, 0.2) is 0 Å². The maximum absolute atomic E-state index is 12.1. The molecular formula is C10H15ClN2O2S. The molecule has 2 rings (SSSR count). The molecular weight excluding hydrogens is 248 g/mol. The average molecular weight is 263 g/mol. The Labute approximate surface area is 102 Å². The van der Waals surface area contributed by atoms with Crippen LogP contribution in [0.25, 0.3) is 0 Å². The normalized spacial score (nSPS) is 17.8. The van der Waals surface area contributed by atoms with E-state index in [2.05, 4.69) is 5.32 Å². The maximum atomic E-state index is 12.1. The number of nitrogens with zero attached hydrogens (tertiary/aromatic N) is 1. The molecule has 0 spiro atoms. The van der Waals surface area contributed by atoms with Crippen molar-refractivity contribution in [2.45, 2.75) is 4.90 Å². The highest BCUT2D eigenvalue weighted by molar-refractivity contribution is 7.89. The topological polar surface area (TPSA) is 49.4 Å². The zero-order chi connectivity index (χ0) is 10.7. The first-order valence-electron chi connectivity index (χ1n) is 4.97. The standard InChI is InChI=1S/C10H14N2O2S.ClH/c13-15(14,10-4-2-1-3-5-10)12-8-6-11-7-9-12;/h1-5,11H,6-9H2;1H. The van der Waals surface area contributed by atoms with Crippen LogP contribution in [0, 0.1) is 0 Å². The van der Waals surface area contributed by atoms with Gasteiger partial charge in [0.25, 0.3) is 0 Å². The van der Waals surface area contributed by atoms with Crippen LogP contribution >= 0.6 is 12.4 Å². The van der Waals surface area contributed by atoms with Crippen molar-refractivity contribution in [1.29, 1.82) is 0 Å². The first-order valence-corrected chi connectivity index (χ1v) is 6.41. The van der Waals surface area contributed by atoms with Crippen LogP contribution in [-0.4, -0.2) is 38.9 Å². The van der Waals surface area contributed by atoms with Crippen molar-refractivity contribution in [1.82, 2.24) is 9.62 Å². The van der Waals surface area contributed by atoms with Crippen LogP contribution < -0.4 is 5.32 Å². The van der Waals surface area contributed by atoms with Gasteiger partial charge in [-0.1, -0.05) is 18.2 Å². The second-order valence-corrected chi connectivity index (χ2v) is 5.41. The number of hydrogen-bond donors (Lipinski definition) is 1. The largest absolute Gasteiger partial charge is 0.314 e. The van der Waals surface area contributed by atoms with Crippen LogP contribution in [0.2, 0.25) is 0 Å². The molecule has 1 aromatic carbocycles. The van der Waals surface area contributed by atoms with Crippen LogP contribution in [0.3, 0.4) is 0 Å². The molecule has 0 aromatic heterocycles. The summed E-state index contributed by atoms with van der Waals surface area (Å²) in [6.07, 6.45) is 0. The molecule has 1 fully saturated rings. The molecule has 1 N–H and O–H groups in total. The molecule has 0 saturated carbocycles. The Morgan fingerprint density at radius 3 is 2.19 bits per heavy atom. The molecule has 0 unspecified atom stereocenters. The van der Waals surface area contributed by atoms with E-state index in [-0.39, 0.29) is 12.4 Å². The molecule has 1 aromatic rings. The first-order chi connectivity index (χ1) is 7.21. The number of benzene rings is 1. The number of rotatable bonds is 2. The van der Waals surface area contributed by atoms with E-state index in [0.717, 1.165) is 13.1 Å². The van der Waals surface area contributed by atoms with Crippen LogP contribution in [-0.2, 0) is 10.0 Å². The van der Waals surface area contributed by atoms with Crippen molar-refractivity contribution in [3.05, 3.63) is 30.3 Å². The quantitative estimate of drug-likeness (QED) is 0.854. The highest BCUT2D eigenvalue weighted by Gasteiger charge is 2.25. The Kier molecular flexibility index (Phi) is 4.73. The second kappa shape index (κ2) is 5.63. The first kappa shape index (κ1) is 13.4. The highest BCUT2D eigenvalue weighted by atomic mass is 35.5. The van der Waals surface area contributed by atoms with Gasteiger partial charge in [-0.15, -0.1) is 12.4 Å². The number of sulfonamides is 1. The Bertz CT molecular complexity index is 416. The zero-order valence-corrected chi connectivity index (χ0v) is 10.4. The van der Waals surface area contributed by atoms with Crippen molar-refractivity contribution in [3.63, 3.8) is 0 Å². The van der Waals surface area contributed by atoms with E-state index >= 15 is 0 Å². The third kappa shape index (κ3) is 2.74. The predicted molar refractivity (Wildman–Crippen MR) is 65.3 cm³/mol. The van der Waals surface area contributed by atoms with Crippen LogP contribution in [0.15, 0.2) is 35.2 Å². The summed E-state index contributed by atoms with van der Waals surface area (Å²) in [4.78, 5) is 0.381. The predicted octanol–water partition coefficient (Wildman–Crippen LogP) is 0.702. The minimum Gasteiger partial charge on any atom is -0.314 e. The van der Waals surface area contributed by atoms with Crippen molar-refractivity contribution >= 4 is 22.4 Å². The molecule has 0 bridgehead atoms. The number of nitrogens with one attached hydrogen (secondary N) is 1. The van der Waals surface area contributed by atoms with Gasteiger partial charge in [-0.25, -0.2) is 8.42 Å². The van der Waals surface area contributed by atoms with E-state index in [4.69, 9.17) is 0 Å². The molecule has 4 nitrogen and oxygen atoms in total. The fourth-order valence-corrected chi connectivity index (χ4v) is 3.09. The SMILES string of the molecule is Cl.O=S(=O)(c1ccccc1)N1CCNCC1. The molecule has 0 atom stereocenters. The maximum Gasteiger partial charge on any atom is 0.243 e. The highest BCUT2D eigenvalue weighted by Crippen LogP contribution is 2.14. The molecule has 1 aliphatic rings. The Morgan fingerprint density at radius 1 is 1.06 bits per heavy atom. The van der Waals surface area contributed by atoms with Crippen LogP contribution in [0.5, 0.6) is 0 Å². The van der Waals surface area contributed by atoms with Crippen molar-refractivity contribution < 1.29 is 8.42 Å². The van der Waals surface area contributed by atoms with E-state index in [1.165, 1.54) is 4.31 Å². The van der Waals surface area contributed by atoms with Gasteiger partial charge in [-0.2, -0.15) is 4.31 Å². The summed E-state index contributed by atoms with van der Waals surface area (Å²) in [5.74, 6) is 0. The molecule has 16 heavy (non-hydrogen) atoms. The van der Waals surface area contributed by atoms with E-state index in [1.807, 2.05) is 6.07 Å². The Hall–Kier alpha value is -0.620. The van der Waals surface area contributed by atoms with Crippen LogP contribution in [0.1, 0.15) is 0 Å². The number of halogens is 1. The van der Waals surface area contributed by atoms with Gasteiger partial charge in [0, 0.05) is 26.2 Å². The van der Waals surface area contributed by atoms with E-state index in [1.54, 1.807) is 24.3 Å². The van der Waals surface area contributed by atoms with Crippen molar-refractivity contribution in [3.8, 4) is 0 Å². The van der Waals surface area contributed by atoms with Gasteiger partial charge in [-0.05, 0) is 12.1 Å². The monoisotopic (exact) mass is 262 g/mol. The molecule has 1 saturated heterocycles. The minimum absolute atomic E-state index is 0. The third-order valence-electron chi connectivity index (χ3n) is 2.46. The smallest absolute Gasteiger partial charge is 0.243 e. The lowest BCUT2D eigenvalue weighted by atomic mass is 10.4. The Morgan fingerprint density at radius 2 is 1.62 bits per heavy atom. The van der Waals surface area contributed by atoms with E-state index in [9.17, 15) is 8.42 Å². The molecule has 0 aliphatic carbocycles. The minimum atomic E-state index is -3.27. The molecule has 0 radical (unpaired) electrons. The van der Waals surface area contributed by atoms with Crippen molar-refractivity contribution in [2.75, 3.05) is 26.2 Å². The lowest BCUT2D eigenvalue weighted by molar-refractivity contribution is 0.360. The summed E-state index contributed by atoms with van der Waals surface area (Å²) in [6.45, 7) is 2.56. The van der Waals surface area contributed by atoms with E-state index in [0.29, 0.717) is 18.0 Å². The van der Waals surface area contributed by atoms with Crippen molar-refractivity contribution in [2.24, 2.45) is 0 Å². The van der Waals surface area contributed by atoms with Gasteiger partial charge in [0.2, 0.25) is 10.0 Å². The molecule has 1 heterocycles. The molecule has 6 heteroatoms. The fraction of sp³-hybridized carbons (Fsp3) is 0.400. The van der Waals surface area contributed by atoms with Gasteiger partial charge >= 0.3 is 0 Å². The summed E-state index contributed by atoms with van der Waals surface area (Å²) < 4.78 is 25.7. The average Bonchev–Trinajstić information content (AvgIpc) is 2.31. The number of hydrogen-bond acceptors (Lipinski definition) is 3. The van der Waals surface area contributed by atoms with Gasteiger partial charge < -0.3 is 5.32 Å². The Balaban J connectivity index is 0.00000128. The lowest BCUT2D eigenvalue weighted by Gasteiger charge is -2.26. The zero-order valence-electron chi connectivity index (χ0n) is 8.80. The summed E-state index contributed by atoms with van der Waals surface area (Å²) in [5, 5.41) is 3.13. The third-order valence-corrected chi connectivity index (χ3v) is 4.37. The summed E-state index contributed by atoms with van der Waals surface area (Å²) in [6, 6.07) is 8.58. The number of piperazine rings is 1. The summed E-state index contributed by atoms with van der Waals surface area (Å²) in [5.41, 5.74) is 0.